The predicted octanol–water partition coefficient (Wildman–Crippen LogP) is 4.35. The molecule has 0 saturated heterocycles. The molecule has 1 aromatic heterocycles. The van der Waals surface area contributed by atoms with E-state index in [2.05, 4.69) is 20.6 Å². The Morgan fingerprint density at radius 1 is 1.14 bits per heavy atom. The number of hydrogen-bond donors (Lipinski definition) is 2. The molecule has 0 bridgehead atoms. The van der Waals surface area contributed by atoms with Gasteiger partial charge in [0, 0.05) is 23.3 Å². The van der Waals surface area contributed by atoms with E-state index in [1.54, 1.807) is 31.4 Å². The number of halogens is 1. The highest BCUT2D eigenvalue weighted by Gasteiger charge is 2.11. The third kappa shape index (κ3) is 4.78. The van der Waals surface area contributed by atoms with Gasteiger partial charge in [0.1, 0.15) is 23.6 Å². The molecule has 0 saturated carbocycles. The van der Waals surface area contributed by atoms with Crippen LogP contribution >= 0.6 is 11.6 Å². The van der Waals surface area contributed by atoms with E-state index < -0.39 is 0 Å². The number of benzene rings is 2. The number of amides is 1. The lowest BCUT2D eigenvalue weighted by Gasteiger charge is -2.11. The minimum atomic E-state index is -0.319. The maximum atomic E-state index is 12.5. The predicted molar refractivity (Wildman–Crippen MR) is 111 cm³/mol. The zero-order chi connectivity index (χ0) is 19.9. The lowest BCUT2D eigenvalue weighted by atomic mass is 10.1. The molecule has 0 aliphatic heterocycles. The molecule has 0 spiro atoms. The average Bonchev–Trinajstić information content (AvgIpc) is 2.72. The Labute approximate surface area is 168 Å². The maximum absolute atomic E-state index is 12.5. The van der Waals surface area contributed by atoms with Crippen molar-refractivity contribution in [3.63, 3.8) is 0 Å². The van der Waals surface area contributed by atoms with Crippen molar-refractivity contribution in [3.8, 4) is 5.75 Å². The highest BCUT2D eigenvalue weighted by Crippen LogP contribution is 2.23. The molecule has 2 N–H and O–H groups in total. The molecule has 2 aromatic carbocycles. The summed E-state index contributed by atoms with van der Waals surface area (Å²) in [5.74, 6) is 1.11. The standard InChI is InChI=1S/C21H21ClN4O2/c1-14-16(22)7-5-8-17(14)26-21(27)18-12-20(25-13-24-18)23-11-10-15-6-3-4-9-19(15)28-2/h3-9,12-13H,10-11H2,1-2H3,(H,26,27)(H,23,24,25). The van der Waals surface area contributed by atoms with Gasteiger partial charge >= 0.3 is 0 Å². The van der Waals surface area contributed by atoms with Gasteiger partial charge in [0.05, 0.1) is 7.11 Å². The van der Waals surface area contributed by atoms with E-state index in [1.807, 2.05) is 31.2 Å². The highest BCUT2D eigenvalue weighted by atomic mass is 35.5. The van der Waals surface area contributed by atoms with Crippen molar-refractivity contribution < 1.29 is 9.53 Å². The Bertz CT molecular complexity index is 978. The normalized spacial score (nSPS) is 10.4. The summed E-state index contributed by atoms with van der Waals surface area (Å²) in [6.45, 7) is 2.49. The number of para-hydroxylation sites is 1. The smallest absolute Gasteiger partial charge is 0.274 e. The first-order valence-corrected chi connectivity index (χ1v) is 9.20. The Hall–Kier alpha value is -3.12. The van der Waals surface area contributed by atoms with Crippen molar-refractivity contribution in [3.05, 3.63) is 76.7 Å². The number of ether oxygens (including phenoxy) is 1. The van der Waals surface area contributed by atoms with E-state index >= 15 is 0 Å². The van der Waals surface area contributed by atoms with Crippen molar-refractivity contribution >= 4 is 29.0 Å². The molecule has 1 heterocycles. The maximum Gasteiger partial charge on any atom is 0.274 e. The number of methoxy groups -OCH3 is 1. The summed E-state index contributed by atoms with van der Waals surface area (Å²) in [5.41, 5.74) is 2.83. The number of nitrogens with one attached hydrogen (secondary N) is 2. The quantitative estimate of drug-likeness (QED) is 0.620. The molecule has 0 atom stereocenters. The topological polar surface area (TPSA) is 76.1 Å². The number of aromatic nitrogens is 2. The van der Waals surface area contributed by atoms with E-state index in [0.717, 1.165) is 23.3 Å². The Morgan fingerprint density at radius 2 is 1.96 bits per heavy atom. The van der Waals surface area contributed by atoms with Gasteiger partial charge in [0.25, 0.3) is 5.91 Å². The molecule has 0 aliphatic rings. The number of carbonyl (C=O) groups excluding carboxylic acids is 1. The number of nitrogens with zero attached hydrogens (tertiary/aromatic N) is 2. The second-order valence-corrected chi connectivity index (χ2v) is 6.55. The molecule has 0 fully saturated rings. The van der Waals surface area contributed by atoms with Crippen LogP contribution in [0.1, 0.15) is 21.6 Å². The molecular formula is C21H21ClN4O2. The van der Waals surface area contributed by atoms with Gasteiger partial charge in [-0.2, -0.15) is 0 Å². The third-order valence-corrected chi connectivity index (χ3v) is 4.72. The van der Waals surface area contributed by atoms with Crippen LogP contribution in [-0.2, 0) is 6.42 Å². The molecule has 28 heavy (non-hydrogen) atoms. The highest BCUT2D eigenvalue weighted by molar-refractivity contribution is 6.31. The van der Waals surface area contributed by atoms with Crippen molar-refractivity contribution in [2.24, 2.45) is 0 Å². The van der Waals surface area contributed by atoms with Crippen molar-refractivity contribution in [1.82, 2.24) is 9.97 Å². The van der Waals surface area contributed by atoms with Gasteiger partial charge in [0.2, 0.25) is 0 Å². The molecule has 6 nitrogen and oxygen atoms in total. The molecule has 1 amide bonds. The van der Waals surface area contributed by atoms with Gasteiger partial charge in [-0.3, -0.25) is 4.79 Å². The minimum absolute atomic E-state index is 0.272. The van der Waals surface area contributed by atoms with E-state index in [0.29, 0.717) is 23.1 Å². The summed E-state index contributed by atoms with van der Waals surface area (Å²) in [4.78, 5) is 20.8. The van der Waals surface area contributed by atoms with Gasteiger partial charge < -0.3 is 15.4 Å². The number of carbonyl (C=O) groups is 1. The molecule has 0 unspecified atom stereocenters. The second-order valence-electron chi connectivity index (χ2n) is 6.14. The number of rotatable bonds is 7. The van der Waals surface area contributed by atoms with Gasteiger partial charge in [-0.15, -0.1) is 0 Å². The molecule has 0 radical (unpaired) electrons. The summed E-state index contributed by atoms with van der Waals surface area (Å²) in [6.07, 6.45) is 2.13. The van der Waals surface area contributed by atoms with E-state index in [9.17, 15) is 4.79 Å². The van der Waals surface area contributed by atoms with Crippen LogP contribution in [0, 0.1) is 6.92 Å². The van der Waals surface area contributed by atoms with Gasteiger partial charge in [-0.05, 0) is 42.7 Å². The van der Waals surface area contributed by atoms with Crippen LogP contribution in [0.5, 0.6) is 5.75 Å². The monoisotopic (exact) mass is 396 g/mol. The fourth-order valence-corrected chi connectivity index (χ4v) is 2.92. The second kappa shape index (κ2) is 9.19. The summed E-state index contributed by atoms with van der Waals surface area (Å²) in [7, 11) is 1.66. The van der Waals surface area contributed by atoms with Gasteiger partial charge in [0.15, 0.2) is 0 Å². The largest absolute Gasteiger partial charge is 0.496 e. The third-order valence-electron chi connectivity index (χ3n) is 4.31. The van der Waals surface area contributed by atoms with Crippen LogP contribution in [0.15, 0.2) is 54.9 Å². The van der Waals surface area contributed by atoms with Gasteiger partial charge in [-0.1, -0.05) is 35.9 Å². The number of hydrogen-bond acceptors (Lipinski definition) is 5. The summed E-state index contributed by atoms with van der Waals surface area (Å²) < 4.78 is 5.36. The van der Waals surface area contributed by atoms with Crippen LogP contribution in [0.25, 0.3) is 0 Å². The fourth-order valence-electron chi connectivity index (χ4n) is 2.74. The van der Waals surface area contributed by atoms with E-state index in [1.165, 1.54) is 6.33 Å². The average molecular weight is 397 g/mol. The fraction of sp³-hybridized carbons (Fsp3) is 0.190. The lowest BCUT2D eigenvalue weighted by molar-refractivity contribution is 0.102. The van der Waals surface area contributed by atoms with Crippen LogP contribution in [0.4, 0.5) is 11.5 Å². The zero-order valence-corrected chi connectivity index (χ0v) is 16.5. The lowest BCUT2D eigenvalue weighted by Crippen LogP contribution is -2.16. The molecular weight excluding hydrogens is 376 g/mol. The Kier molecular flexibility index (Phi) is 6.45. The molecule has 7 heteroatoms. The van der Waals surface area contributed by atoms with E-state index in [-0.39, 0.29) is 11.6 Å². The van der Waals surface area contributed by atoms with Crippen molar-refractivity contribution in [1.29, 1.82) is 0 Å². The van der Waals surface area contributed by atoms with E-state index in [4.69, 9.17) is 16.3 Å². The number of anilines is 2. The summed E-state index contributed by atoms with van der Waals surface area (Å²) >= 11 is 6.10. The first kappa shape index (κ1) is 19.6. The molecule has 3 aromatic rings. The van der Waals surface area contributed by atoms with Crippen LogP contribution in [0.2, 0.25) is 5.02 Å². The first-order chi connectivity index (χ1) is 13.6. The van der Waals surface area contributed by atoms with Crippen LogP contribution in [0.3, 0.4) is 0 Å². The van der Waals surface area contributed by atoms with Crippen LogP contribution in [-0.4, -0.2) is 29.5 Å². The van der Waals surface area contributed by atoms with Crippen LogP contribution < -0.4 is 15.4 Å². The molecule has 144 valence electrons. The Morgan fingerprint density at radius 3 is 2.79 bits per heavy atom. The SMILES string of the molecule is COc1ccccc1CCNc1cc(C(=O)Nc2cccc(Cl)c2C)ncn1. The van der Waals surface area contributed by atoms with Crippen molar-refractivity contribution in [2.45, 2.75) is 13.3 Å². The Balaban J connectivity index is 1.63. The zero-order valence-electron chi connectivity index (χ0n) is 15.7. The van der Waals surface area contributed by atoms with Gasteiger partial charge in [-0.25, -0.2) is 9.97 Å². The molecule has 3 rings (SSSR count). The first-order valence-electron chi connectivity index (χ1n) is 8.82. The molecule has 0 aliphatic carbocycles. The minimum Gasteiger partial charge on any atom is -0.496 e. The summed E-state index contributed by atoms with van der Waals surface area (Å²) in [6, 6.07) is 14.9. The van der Waals surface area contributed by atoms with Crippen molar-refractivity contribution in [2.75, 3.05) is 24.3 Å². The summed E-state index contributed by atoms with van der Waals surface area (Å²) in [5, 5.41) is 6.65.